The lowest BCUT2D eigenvalue weighted by Gasteiger charge is -2.23. The highest BCUT2D eigenvalue weighted by Gasteiger charge is 2.13. The molecule has 2 N–H and O–H groups in total. The van der Waals surface area contributed by atoms with Crippen LogP contribution < -0.4 is 27.4 Å². The fraction of sp³-hybridized carbons (Fsp3) is 0.533. The number of morpholine rings is 1. The molecule has 2 rings (SSSR count). The van der Waals surface area contributed by atoms with Gasteiger partial charge in [-0.3, -0.25) is 4.79 Å². The Balaban J connectivity index is 0.00000288. The van der Waals surface area contributed by atoms with Crippen LogP contribution in [0.2, 0.25) is 15.1 Å². The van der Waals surface area contributed by atoms with Gasteiger partial charge in [0, 0.05) is 19.0 Å². The van der Waals surface area contributed by atoms with Crippen molar-refractivity contribution >= 4 is 40.7 Å². The van der Waals surface area contributed by atoms with Crippen LogP contribution in [0.4, 0.5) is 0 Å². The molecule has 1 saturated heterocycles. The molecule has 1 aliphatic heterocycles. The molecule has 5 nitrogen and oxygen atoms in total. The van der Waals surface area contributed by atoms with Gasteiger partial charge in [0.25, 0.3) is 5.91 Å². The average molecular weight is 418 g/mol. The Labute approximate surface area is 162 Å². The van der Waals surface area contributed by atoms with E-state index in [9.17, 15) is 4.79 Å². The lowest BCUT2D eigenvalue weighted by atomic mass is 10.3. The molecule has 0 saturated carbocycles. The highest BCUT2D eigenvalue weighted by molar-refractivity contribution is 6.43. The standard InChI is InChI=1S/C15H19Cl3N2O3.ClH/c16-11-8-13(18)14(9-12(11)17)23-10-15(21)19-2-1-3-20-4-6-22-7-5-20;/h8-9H,1-7,10H2,(H,19,21);1H. The van der Waals surface area contributed by atoms with Gasteiger partial charge in [-0.2, -0.15) is 0 Å². The van der Waals surface area contributed by atoms with Gasteiger partial charge in [0.2, 0.25) is 0 Å². The Kier molecular flexibility index (Phi) is 10.1. The van der Waals surface area contributed by atoms with Crippen LogP contribution in [0.1, 0.15) is 6.42 Å². The van der Waals surface area contributed by atoms with Crippen LogP contribution in [0.5, 0.6) is 5.75 Å². The monoisotopic (exact) mass is 416 g/mol. The minimum atomic E-state index is -0.191. The molecule has 0 spiro atoms. The molecule has 1 aromatic carbocycles. The molecular formula is C15H20Cl4N2O3. The number of nitrogens with one attached hydrogen (secondary N) is 2. The van der Waals surface area contributed by atoms with Gasteiger partial charge < -0.3 is 32.1 Å². The topological polar surface area (TPSA) is 52.0 Å². The van der Waals surface area contributed by atoms with Gasteiger partial charge in [-0.1, -0.05) is 34.8 Å². The van der Waals surface area contributed by atoms with Crippen molar-refractivity contribution in [2.45, 2.75) is 6.42 Å². The van der Waals surface area contributed by atoms with Gasteiger partial charge in [-0.05, 0) is 6.07 Å². The Morgan fingerprint density at radius 3 is 2.54 bits per heavy atom. The molecule has 0 atom stereocenters. The van der Waals surface area contributed by atoms with Crippen LogP contribution in [0.15, 0.2) is 12.1 Å². The SMILES string of the molecule is O=C(COc1cc(Cl)c(Cl)cc1Cl)NCCC[NH+]1CCOCC1.[Cl-]. The molecule has 1 aliphatic rings. The Hall–Kier alpha value is -0.430. The Morgan fingerprint density at radius 1 is 1.17 bits per heavy atom. The van der Waals surface area contributed by atoms with Crippen molar-refractivity contribution in [1.29, 1.82) is 0 Å². The molecule has 0 bridgehead atoms. The molecule has 0 radical (unpaired) electrons. The molecule has 24 heavy (non-hydrogen) atoms. The lowest BCUT2D eigenvalue weighted by Crippen LogP contribution is -3.14. The number of hydrogen-bond acceptors (Lipinski definition) is 3. The first-order chi connectivity index (χ1) is 11.1. The molecule has 0 unspecified atom stereocenters. The van der Waals surface area contributed by atoms with Crippen LogP contribution in [0.3, 0.4) is 0 Å². The summed E-state index contributed by atoms with van der Waals surface area (Å²) in [5.41, 5.74) is 0. The number of quaternary nitrogens is 1. The largest absolute Gasteiger partial charge is 1.00 e. The summed E-state index contributed by atoms with van der Waals surface area (Å²) in [7, 11) is 0. The van der Waals surface area contributed by atoms with E-state index in [4.69, 9.17) is 44.3 Å². The second kappa shape index (κ2) is 11.2. The molecule has 136 valence electrons. The van der Waals surface area contributed by atoms with Crippen LogP contribution in [-0.4, -0.2) is 51.9 Å². The quantitative estimate of drug-likeness (QED) is 0.417. The van der Waals surface area contributed by atoms with Crippen molar-refractivity contribution in [1.82, 2.24) is 5.32 Å². The number of hydrogen-bond donors (Lipinski definition) is 2. The van der Waals surface area contributed by atoms with Crippen molar-refractivity contribution in [3.05, 3.63) is 27.2 Å². The minimum absolute atomic E-state index is 0. The van der Waals surface area contributed by atoms with E-state index in [2.05, 4.69) is 5.32 Å². The van der Waals surface area contributed by atoms with E-state index in [1.807, 2.05) is 0 Å². The molecule has 9 heteroatoms. The maximum atomic E-state index is 11.8. The predicted octanol–water partition coefficient (Wildman–Crippen LogP) is -1.55. The van der Waals surface area contributed by atoms with Gasteiger partial charge in [-0.15, -0.1) is 0 Å². The maximum Gasteiger partial charge on any atom is 0.257 e. The summed E-state index contributed by atoms with van der Waals surface area (Å²) in [5, 5.41) is 3.83. The third-order valence-electron chi connectivity index (χ3n) is 3.56. The van der Waals surface area contributed by atoms with E-state index >= 15 is 0 Å². The van der Waals surface area contributed by atoms with Crippen LogP contribution >= 0.6 is 34.8 Å². The second-order valence-corrected chi connectivity index (χ2v) is 6.52. The summed E-state index contributed by atoms with van der Waals surface area (Å²) in [5.74, 6) is 0.151. The maximum absolute atomic E-state index is 11.8. The van der Waals surface area contributed by atoms with E-state index in [-0.39, 0.29) is 24.9 Å². The highest BCUT2D eigenvalue weighted by atomic mass is 35.5. The van der Waals surface area contributed by atoms with Gasteiger partial charge in [0.15, 0.2) is 6.61 Å². The molecular weight excluding hydrogens is 398 g/mol. The average Bonchev–Trinajstić information content (AvgIpc) is 2.55. The molecule has 1 aromatic rings. The number of carbonyl (C=O) groups is 1. The lowest BCUT2D eigenvalue weighted by molar-refractivity contribution is -0.908. The minimum Gasteiger partial charge on any atom is -1.00 e. The third-order valence-corrected chi connectivity index (χ3v) is 4.58. The van der Waals surface area contributed by atoms with Crippen LogP contribution in [-0.2, 0) is 9.53 Å². The molecule has 1 amide bonds. The number of rotatable bonds is 7. The fourth-order valence-corrected chi connectivity index (χ4v) is 2.88. The first-order valence-corrected chi connectivity index (χ1v) is 8.65. The van der Waals surface area contributed by atoms with E-state index in [1.165, 1.54) is 17.0 Å². The van der Waals surface area contributed by atoms with Gasteiger partial charge in [0.05, 0.1) is 34.8 Å². The second-order valence-electron chi connectivity index (χ2n) is 5.30. The molecule has 1 heterocycles. The van der Waals surface area contributed by atoms with E-state index < -0.39 is 0 Å². The number of carbonyl (C=O) groups excluding carboxylic acids is 1. The summed E-state index contributed by atoms with van der Waals surface area (Å²) in [6, 6.07) is 2.99. The summed E-state index contributed by atoms with van der Waals surface area (Å²) in [4.78, 5) is 13.3. The van der Waals surface area contributed by atoms with Crippen molar-refractivity contribution in [3.63, 3.8) is 0 Å². The van der Waals surface area contributed by atoms with Crippen molar-refractivity contribution in [3.8, 4) is 5.75 Å². The van der Waals surface area contributed by atoms with Gasteiger partial charge in [-0.25, -0.2) is 0 Å². The molecule has 0 aliphatic carbocycles. The first-order valence-electron chi connectivity index (χ1n) is 7.51. The molecule has 1 fully saturated rings. The first kappa shape index (κ1) is 21.6. The van der Waals surface area contributed by atoms with E-state index in [1.54, 1.807) is 0 Å². The highest BCUT2D eigenvalue weighted by Crippen LogP contribution is 2.33. The van der Waals surface area contributed by atoms with E-state index in [0.29, 0.717) is 27.4 Å². The number of halogens is 4. The van der Waals surface area contributed by atoms with Crippen molar-refractivity contribution < 1.29 is 31.6 Å². The summed E-state index contributed by atoms with van der Waals surface area (Å²) >= 11 is 17.7. The zero-order chi connectivity index (χ0) is 16.7. The fourth-order valence-electron chi connectivity index (χ4n) is 2.29. The zero-order valence-electron chi connectivity index (χ0n) is 13.0. The van der Waals surface area contributed by atoms with Crippen LogP contribution in [0, 0.1) is 0 Å². The van der Waals surface area contributed by atoms with Crippen LogP contribution in [0.25, 0.3) is 0 Å². The van der Waals surface area contributed by atoms with E-state index in [0.717, 1.165) is 39.3 Å². The third kappa shape index (κ3) is 7.21. The summed E-state index contributed by atoms with van der Waals surface area (Å²) in [6.07, 6.45) is 0.925. The summed E-state index contributed by atoms with van der Waals surface area (Å²) < 4.78 is 10.7. The predicted molar refractivity (Wildman–Crippen MR) is 91.0 cm³/mol. The molecule has 0 aromatic heterocycles. The number of ether oxygens (including phenoxy) is 2. The normalized spacial score (nSPS) is 14.8. The Morgan fingerprint density at radius 2 is 1.83 bits per heavy atom. The smallest absolute Gasteiger partial charge is 0.257 e. The van der Waals surface area contributed by atoms with Crippen molar-refractivity contribution in [2.75, 3.05) is 46.0 Å². The number of amides is 1. The zero-order valence-corrected chi connectivity index (χ0v) is 16.1. The summed E-state index contributed by atoms with van der Waals surface area (Å²) in [6.45, 7) is 5.26. The number of benzene rings is 1. The van der Waals surface area contributed by atoms with Gasteiger partial charge in [0.1, 0.15) is 18.8 Å². The van der Waals surface area contributed by atoms with Gasteiger partial charge >= 0.3 is 0 Å². The Bertz CT molecular complexity index is 540. The van der Waals surface area contributed by atoms with Crippen molar-refractivity contribution in [2.24, 2.45) is 0 Å².